The quantitative estimate of drug-likeness (QED) is 0.712. The number of hydrogen-bond acceptors (Lipinski definition) is 2. The molecule has 1 aliphatic rings. The molecule has 0 radical (unpaired) electrons. The summed E-state index contributed by atoms with van der Waals surface area (Å²) in [5, 5.41) is 0. The van der Waals surface area contributed by atoms with Gasteiger partial charge in [-0.05, 0) is 19.4 Å². The summed E-state index contributed by atoms with van der Waals surface area (Å²) in [5.74, 6) is -0.0967. The Morgan fingerprint density at radius 1 is 1.50 bits per heavy atom. The number of amides is 1. The fourth-order valence-electron chi connectivity index (χ4n) is 2.17. The number of carbonyl (C=O) groups is 1. The van der Waals surface area contributed by atoms with E-state index in [1.54, 1.807) is 4.90 Å². The molecule has 0 bridgehead atoms. The molecule has 1 amide bonds. The summed E-state index contributed by atoms with van der Waals surface area (Å²) in [6, 6.07) is 0.0863. The first kappa shape index (κ1) is 13.7. The second-order valence-electron chi connectivity index (χ2n) is 4.88. The van der Waals surface area contributed by atoms with Gasteiger partial charge in [0.1, 0.15) is 0 Å². The van der Waals surface area contributed by atoms with E-state index in [0.29, 0.717) is 12.5 Å². The highest BCUT2D eigenvalue weighted by Crippen LogP contribution is 2.19. The van der Waals surface area contributed by atoms with E-state index in [2.05, 4.69) is 18.7 Å². The van der Waals surface area contributed by atoms with Crippen LogP contribution in [-0.2, 0) is 4.79 Å². The number of nitrogens with zero attached hydrogens (tertiary/aromatic N) is 2. The molecule has 2 atom stereocenters. The average molecular weight is 251 g/mol. The molecular weight excluding hydrogens is 231 g/mol. The van der Waals surface area contributed by atoms with Crippen LogP contribution in [0.5, 0.6) is 0 Å². The molecule has 0 aromatic rings. The van der Waals surface area contributed by atoms with Crippen LogP contribution in [0.2, 0.25) is 0 Å². The molecule has 16 heavy (non-hydrogen) atoms. The van der Waals surface area contributed by atoms with E-state index < -0.39 is 11.5 Å². The maximum Gasteiger partial charge on any atom is 0.273 e. The Morgan fingerprint density at radius 3 is 2.62 bits per heavy atom. The highest BCUT2D eigenvalue weighted by Gasteiger charge is 2.32. The maximum atomic E-state index is 12.8. The molecule has 1 fully saturated rings. The number of halogens is 2. The monoisotopic (exact) mass is 250 g/mol. The lowest BCUT2D eigenvalue weighted by Crippen LogP contribution is -2.55. The second-order valence-corrected chi connectivity index (χ2v) is 5.26. The summed E-state index contributed by atoms with van der Waals surface area (Å²) in [6.45, 7) is 6.35. The number of hydrogen-bond donors (Lipinski definition) is 0. The van der Waals surface area contributed by atoms with Gasteiger partial charge in [-0.15, -0.1) is 0 Å². The molecule has 0 saturated carbocycles. The van der Waals surface area contributed by atoms with Gasteiger partial charge in [0.05, 0.1) is 0 Å². The Morgan fingerprint density at radius 2 is 2.12 bits per heavy atom. The van der Waals surface area contributed by atoms with Crippen molar-refractivity contribution in [1.29, 1.82) is 0 Å². The number of carbonyl (C=O) groups excluding carboxylic acids is 1. The average Bonchev–Trinajstić information content (AvgIpc) is 2.15. The molecule has 3 nitrogen and oxygen atoms in total. The smallest absolute Gasteiger partial charge is 0.273 e. The van der Waals surface area contributed by atoms with Gasteiger partial charge in [-0.1, -0.05) is 25.4 Å². The largest absolute Gasteiger partial charge is 0.334 e. The maximum absolute atomic E-state index is 12.8. The van der Waals surface area contributed by atoms with Crippen molar-refractivity contribution in [2.24, 2.45) is 5.92 Å². The number of alkyl halides is 2. The van der Waals surface area contributed by atoms with Crippen LogP contribution >= 0.6 is 11.6 Å². The van der Waals surface area contributed by atoms with Crippen LogP contribution in [0.3, 0.4) is 0 Å². The van der Waals surface area contributed by atoms with Crippen LogP contribution in [0.4, 0.5) is 4.39 Å². The summed E-state index contributed by atoms with van der Waals surface area (Å²) in [5.41, 5.74) is -1.90. The lowest BCUT2D eigenvalue weighted by Gasteiger charge is -2.40. The van der Waals surface area contributed by atoms with Crippen LogP contribution in [0.15, 0.2) is 0 Å². The summed E-state index contributed by atoms with van der Waals surface area (Å²) < 4.78 is 12.8. The predicted octanol–water partition coefficient (Wildman–Crippen LogP) is 1.71. The number of rotatable bonds is 3. The summed E-state index contributed by atoms with van der Waals surface area (Å²) in [6.07, 6.45) is 0.889. The summed E-state index contributed by atoms with van der Waals surface area (Å²) >= 11 is 5.23. The van der Waals surface area contributed by atoms with Crippen LogP contribution in [-0.4, -0.2) is 54.1 Å². The predicted molar refractivity (Wildman–Crippen MR) is 63.2 cm³/mol. The minimum absolute atomic E-state index is 0.0863. The molecule has 1 rings (SSSR count). The van der Waals surface area contributed by atoms with Gasteiger partial charge in [0.25, 0.3) is 11.5 Å². The van der Waals surface area contributed by atoms with Crippen molar-refractivity contribution >= 4 is 17.5 Å². The zero-order valence-electron chi connectivity index (χ0n) is 10.1. The van der Waals surface area contributed by atoms with Crippen LogP contribution in [0, 0.1) is 5.92 Å². The van der Waals surface area contributed by atoms with Gasteiger partial charge in [-0.3, -0.25) is 4.79 Å². The molecule has 2 unspecified atom stereocenters. The van der Waals surface area contributed by atoms with Gasteiger partial charge in [0.2, 0.25) is 0 Å². The topological polar surface area (TPSA) is 23.6 Å². The lowest BCUT2D eigenvalue weighted by atomic mass is 10.00. The molecule has 1 saturated heterocycles. The first-order valence-corrected chi connectivity index (χ1v) is 6.12. The van der Waals surface area contributed by atoms with Gasteiger partial charge in [0.15, 0.2) is 0 Å². The summed E-state index contributed by atoms with van der Waals surface area (Å²) in [4.78, 5) is 15.4. The van der Waals surface area contributed by atoms with Gasteiger partial charge < -0.3 is 9.80 Å². The van der Waals surface area contributed by atoms with Crippen molar-refractivity contribution in [1.82, 2.24) is 9.80 Å². The highest BCUT2D eigenvalue weighted by molar-refractivity contribution is 6.29. The molecule has 0 aromatic carbocycles. The van der Waals surface area contributed by atoms with E-state index in [-0.39, 0.29) is 6.04 Å². The standard InChI is InChI=1S/C11H20ClFN2O/c1-8(2)6-9-7-14(3)4-5-15(9)11(16)10(12)13/h8-10H,4-7H2,1-3H3. The zero-order valence-corrected chi connectivity index (χ0v) is 10.9. The normalized spacial score (nSPS) is 24.9. The van der Waals surface area contributed by atoms with Gasteiger partial charge in [0, 0.05) is 25.7 Å². The number of likely N-dealkylation sites (N-methyl/N-ethyl adjacent to an activating group) is 1. The Balaban J connectivity index is 2.68. The molecular formula is C11H20ClFN2O. The van der Waals surface area contributed by atoms with Crippen molar-refractivity contribution in [2.45, 2.75) is 31.9 Å². The third kappa shape index (κ3) is 3.59. The van der Waals surface area contributed by atoms with Gasteiger partial charge in [-0.2, -0.15) is 0 Å². The molecule has 94 valence electrons. The molecule has 0 aliphatic carbocycles. The first-order chi connectivity index (χ1) is 7.41. The van der Waals surface area contributed by atoms with E-state index in [4.69, 9.17) is 11.6 Å². The van der Waals surface area contributed by atoms with Crippen LogP contribution in [0.1, 0.15) is 20.3 Å². The van der Waals surface area contributed by atoms with Gasteiger partial charge >= 0.3 is 0 Å². The molecule has 1 heterocycles. The van der Waals surface area contributed by atoms with E-state index in [1.165, 1.54) is 0 Å². The zero-order chi connectivity index (χ0) is 12.3. The van der Waals surface area contributed by atoms with Gasteiger partial charge in [-0.25, -0.2) is 4.39 Å². The second kappa shape index (κ2) is 5.82. The van der Waals surface area contributed by atoms with Crippen molar-refractivity contribution < 1.29 is 9.18 Å². The Labute approximate surface area is 102 Å². The third-order valence-corrected chi connectivity index (χ3v) is 3.09. The Kier molecular flexibility index (Phi) is 4.99. The Hall–Kier alpha value is -0.350. The van der Waals surface area contributed by atoms with E-state index in [9.17, 15) is 9.18 Å². The fourth-order valence-corrected chi connectivity index (χ4v) is 2.30. The fraction of sp³-hybridized carbons (Fsp3) is 0.909. The van der Waals surface area contributed by atoms with Crippen molar-refractivity contribution in [3.63, 3.8) is 0 Å². The minimum atomic E-state index is -1.90. The highest BCUT2D eigenvalue weighted by atomic mass is 35.5. The Bertz CT molecular complexity index is 246. The van der Waals surface area contributed by atoms with E-state index in [1.807, 2.05) is 7.05 Å². The van der Waals surface area contributed by atoms with Crippen LogP contribution < -0.4 is 0 Å². The van der Waals surface area contributed by atoms with E-state index in [0.717, 1.165) is 19.5 Å². The van der Waals surface area contributed by atoms with Crippen molar-refractivity contribution in [3.05, 3.63) is 0 Å². The van der Waals surface area contributed by atoms with E-state index >= 15 is 0 Å². The number of piperazine rings is 1. The third-order valence-electron chi connectivity index (χ3n) is 2.90. The SMILES string of the molecule is CC(C)CC1CN(C)CCN1C(=O)C(F)Cl. The lowest BCUT2D eigenvalue weighted by molar-refractivity contribution is -0.138. The minimum Gasteiger partial charge on any atom is -0.334 e. The van der Waals surface area contributed by atoms with Crippen molar-refractivity contribution in [3.8, 4) is 0 Å². The van der Waals surface area contributed by atoms with Crippen LogP contribution in [0.25, 0.3) is 0 Å². The molecule has 0 spiro atoms. The van der Waals surface area contributed by atoms with Crippen molar-refractivity contribution in [2.75, 3.05) is 26.7 Å². The molecule has 0 aromatic heterocycles. The molecule has 0 N–H and O–H groups in total. The summed E-state index contributed by atoms with van der Waals surface area (Å²) in [7, 11) is 2.02. The first-order valence-electron chi connectivity index (χ1n) is 5.69. The molecule has 1 aliphatic heterocycles. The molecule has 5 heteroatoms.